The van der Waals surface area contributed by atoms with Crippen LogP contribution in [-0.4, -0.2) is 50.6 Å². The number of carbonyl (C=O) groups is 1. The molecular weight excluding hydrogens is 249 g/mol. The smallest absolute Gasteiger partial charge is 0.236 e. The number of anilines is 1. The van der Waals surface area contributed by atoms with Gasteiger partial charge in [0.15, 0.2) is 0 Å². The fourth-order valence-electron chi connectivity index (χ4n) is 2.24. The van der Waals surface area contributed by atoms with E-state index in [1.807, 2.05) is 4.90 Å². The van der Waals surface area contributed by atoms with E-state index in [4.69, 9.17) is 10.5 Å². The number of amides is 1. The minimum Gasteiger partial charge on any atom is -0.495 e. The molecule has 5 nitrogen and oxygen atoms in total. The maximum absolute atomic E-state index is 13.3. The zero-order chi connectivity index (χ0) is 13.8. The molecule has 0 saturated carbocycles. The van der Waals surface area contributed by atoms with Crippen LogP contribution in [0.25, 0.3) is 0 Å². The summed E-state index contributed by atoms with van der Waals surface area (Å²) in [6.07, 6.45) is 0. The minimum absolute atomic E-state index is 0.0310. The molecule has 1 fully saturated rings. The van der Waals surface area contributed by atoms with Gasteiger partial charge in [0.05, 0.1) is 19.3 Å². The van der Waals surface area contributed by atoms with Gasteiger partial charge in [-0.25, -0.2) is 4.39 Å². The van der Waals surface area contributed by atoms with Crippen molar-refractivity contribution >= 4 is 11.6 Å². The maximum Gasteiger partial charge on any atom is 0.236 e. The number of hydrogen-bond acceptors (Lipinski definition) is 4. The molecule has 104 valence electrons. The van der Waals surface area contributed by atoms with Gasteiger partial charge in [-0.05, 0) is 12.1 Å². The molecule has 2 rings (SSSR count). The summed E-state index contributed by atoms with van der Waals surface area (Å²) in [6.45, 7) is 2.51. The van der Waals surface area contributed by atoms with Crippen molar-refractivity contribution in [1.82, 2.24) is 4.90 Å². The molecule has 1 aliphatic heterocycles. The molecule has 1 saturated heterocycles. The lowest BCUT2D eigenvalue weighted by molar-refractivity contribution is -0.129. The van der Waals surface area contributed by atoms with Crippen LogP contribution in [0, 0.1) is 5.82 Å². The van der Waals surface area contributed by atoms with Crippen molar-refractivity contribution in [2.75, 3.05) is 44.7 Å². The molecule has 0 spiro atoms. The van der Waals surface area contributed by atoms with Gasteiger partial charge in [0.2, 0.25) is 5.91 Å². The summed E-state index contributed by atoms with van der Waals surface area (Å²) in [6, 6.07) is 4.44. The molecule has 0 aromatic heterocycles. The van der Waals surface area contributed by atoms with E-state index in [0.717, 1.165) is 5.69 Å². The predicted octanol–water partition coefficient (Wildman–Crippen LogP) is 0.442. The van der Waals surface area contributed by atoms with Crippen LogP contribution >= 0.6 is 0 Å². The van der Waals surface area contributed by atoms with Crippen LogP contribution in [-0.2, 0) is 4.79 Å². The third-order valence-electron chi connectivity index (χ3n) is 3.29. The second-order valence-corrected chi connectivity index (χ2v) is 4.39. The highest BCUT2D eigenvalue weighted by Crippen LogP contribution is 2.29. The van der Waals surface area contributed by atoms with Crippen molar-refractivity contribution in [2.45, 2.75) is 0 Å². The van der Waals surface area contributed by atoms with Crippen LogP contribution in [0.3, 0.4) is 0 Å². The Labute approximate surface area is 111 Å². The Balaban J connectivity index is 2.09. The number of piperazine rings is 1. The molecule has 0 radical (unpaired) electrons. The van der Waals surface area contributed by atoms with E-state index in [1.165, 1.54) is 12.1 Å². The molecule has 1 aromatic rings. The Morgan fingerprint density at radius 3 is 2.63 bits per heavy atom. The van der Waals surface area contributed by atoms with Crippen molar-refractivity contribution in [3.63, 3.8) is 0 Å². The van der Waals surface area contributed by atoms with Crippen molar-refractivity contribution < 1.29 is 13.9 Å². The van der Waals surface area contributed by atoms with Crippen molar-refractivity contribution in [3.8, 4) is 5.75 Å². The molecule has 1 heterocycles. The third-order valence-corrected chi connectivity index (χ3v) is 3.29. The van der Waals surface area contributed by atoms with Gasteiger partial charge in [-0.15, -0.1) is 0 Å². The number of methoxy groups -OCH3 is 1. The van der Waals surface area contributed by atoms with E-state index < -0.39 is 0 Å². The van der Waals surface area contributed by atoms with Gasteiger partial charge in [-0.2, -0.15) is 0 Å². The summed E-state index contributed by atoms with van der Waals surface area (Å²) < 4.78 is 18.6. The Morgan fingerprint density at radius 2 is 2.05 bits per heavy atom. The lowest BCUT2D eigenvalue weighted by Gasteiger charge is -2.36. The Kier molecular flexibility index (Phi) is 4.21. The Hall–Kier alpha value is -1.82. The molecule has 0 atom stereocenters. The second kappa shape index (κ2) is 5.88. The molecule has 19 heavy (non-hydrogen) atoms. The van der Waals surface area contributed by atoms with Crippen LogP contribution in [0.4, 0.5) is 10.1 Å². The fraction of sp³-hybridized carbons (Fsp3) is 0.462. The van der Waals surface area contributed by atoms with Gasteiger partial charge in [0, 0.05) is 32.2 Å². The first-order chi connectivity index (χ1) is 9.15. The van der Waals surface area contributed by atoms with E-state index >= 15 is 0 Å². The van der Waals surface area contributed by atoms with Crippen LogP contribution in [0.15, 0.2) is 18.2 Å². The average Bonchev–Trinajstić information content (AvgIpc) is 2.46. The number of rotatable bonds is 3. The summed E-state index contributed by atoms with van der Waals surface area (Å²) in [4.78, 5) is 15.2. The van der Waals surface area contributed by atoms with E-state index in [0.29, 0.717) is 31.9 Å². The monoisotopic (exact) mass is 267 g/mol. The number of benzene rings is 1. The molecule has 0 bridgehead atoms. The molecule has 6 heteroatoms. The van der Waals surface area contributed by atoms with Crippen molar-refractivity contribution in [3.05, 3.63) is 24.0 Å². The first-order valence-electron chi connectivity index (χ1n) is 6.22. The summed E-state index contributed by atoms with van der Waals surface area (Å²) in [5, 5.41) is 0. The first kappa shape index (κ1) is 13.6. The number of ether oxygens (including phenoxy) is 1. The van der Waals surface area contributed by atoms with Crippen LogP contribution < -0.4 is 15.4 Å². The molecule has 1 aromatic carbocycles. The van der Waals surface area contributed by atoms with Gasteiger partial charge in [-0.1, -0.05) is 0 Å². The summed E-state index contributed by atoms with van der Waals surface area (Å²) in [5.41, 5.74) is 6.06. The highest BCUT2D eigenvalue weighted by atomic mass is 19.1. The highest BCUT2D eigenvalue weighted by Gasteiger charge is 2.22. The van der Waals surface area contributed by atoms with Gasteiger partial charge in [0.25, 0.3) is 0 Å². The lowest BCUT2D eigenvalue weighted by atomic mass is 10.2. The lowest BCUT2D eigenvalue weighted by Crippen LogP contribution is -2.50. The van der Waals surface area contributed by atoms with E-state index in [1.54, 1.807) is 18.1 Å². The molecule has 0 unspecified atom stereocenters. The van der Waals surface area contributed by atoms with E-state index in [2.05, 4.69) is 0 Å². The molecular formula is C13H18FN3O2. The number of halogens is 1. The first-order valence-corrected chi connectivity index (χ1v) is 6.22. The molecule has 1 aliphatic rings. The topological polar surface area (TPSA) is 58.8 Å². The van der Waals surface area contributed by atoms with Crippen LogP contribution in [0.2, 0.25) is 0 Å². The summed E-state index contributed by atoms with van der Waals surface area (Å²) in [7, 11) is 1.56. The maximum atomic E-state index is 13.3. The zero-order valence-electron chi connectivity index (χ0n) is 10.9. The molecule has 2 N–H and O–H groups in total. The highest BCUT2D eigenvalue weighted by molar-refractivity contribution is 5.78. The largest absolute Gasteiger partial charge is 0.495 e. The normalized spacial score (nSPS) is 15.5. The van der Waals surface area contributed by atoms with E-state index in [-0.39, 0.29) is 18.3 Å². The number of nitrogens with two attached hydrogens (primary N) is 1. The van der Waals surface area contributed by atoms with E-state index in [9.17, 15) is 9.18 Å². The SMILES string of the molecule is COc1ccc(F)cc1N1CCN(C(=O)CN)CC1. The zero-order valence-corrected chi connectivity index (χ0v) is 10.9. The van der Waals surface area contributed by atoms with Crippen molar-refractivity contribution in [1.29, 1.82) is 0 Å². The number of carbonyl (C=O) groups excluding carboxylic acids is 1. The molecule has 1 amide bonds. The summed E-state index contributed by atoms with van der Waals surface area (Å²) in [5.74, 6) is 0.294. The fourth-order valence-corrected chi connectivity index (χ4v) is 2.24. The second-order valence-electron chi connectivity index (χ2n) is 4.39. The standard InChI is InChI=1S/C13H18FN3O2/c1-19-12-3-2-10(14)8-11(12)16-4-6-17(7-5-16)13(18)9-15/h2-3,8H,4-7,9,15H2,1H3. The van der Waals surface area contributed by atoms with Gasteiger partial charge in [0.1, 0.15) is 11.6 Å². The van der Waals surface area contributed by atoms with Gasteiger partial charge >= 0.3 is 0 Å². The average molecular weight is 267 g/mol. The quantitative estimate of drug-likeness (QED) is 0.863. The minimum atomic E-state index is -0.295. The Bertz CT molecular complexity index is 459. The molecule has 0 aliphatic carbocycles. The number of hydrogen-bond donors (Lipinski definition) is 1. The third kappa shape index (κ3) is 2.96. The number of nitrogens with zero attached hydrogens (tertiary/aromatic N) is 2. The van der Waals surface area contributed by atoms with Crippen LogP contribution in [0.5, 0.6) is 5.75 Å². The van der Waals surface area contributed by atoms with Gasteiger partial charge in [-0.3, -0.25) is 4.79 Å². The van der Waals surface area contributed by atoms with Crippen LogP contribution in [0.1, 0.15) is 0 Å². The van der Waals surface area contributed by atoms with Gasteiger partial charge < -0.3 is 20.3 Å². The summed E-state index contributed by atoms with van der Waals surface area (Å²) >= 11 is 0. The van der Waals surface area contributed by atoms with Crippen molar-refractivity contribution in [2.24, 2.45) is 5.73 Å². The Morgan fingerprint density at radius 1 is 1.37 bits per heavy atom. The predicted molar refractivity (Wildman–Crippen MR) is 70.8 cm³/mol.